The Bertz CT molecular complexity index is 853. The van der Waals surface area contributed by atoms with Crippen molar-refractivity contribution in [3.05, 3.63) is 65.9 Å². The lowest BCUT2D eigenvalue weighted by molar-refractivity contribution is 0.102. The minimum Gasteiger partial charge on any atom is -0.378 e. The molecule has 0 unspecified atom stereocenters. The van der Waals surface area contributed by atoms with Crippen LogP contribution in [-0.4, -0.2) is 30.2 Å². The number of aryl methyl sites for hydroxylation is 1. The van der Waals surface area contributed by atoms with Gasteiger partial charge in [-0.2, -0.15) is 5.10 Å². The SMILES string of the molecule is Cc1[nH]nc(-c2cccc(N(C)C)c2)c1NC(=O)c1ccccc1. The lowest BCUT2D eigenvalue weighted by atomic mass is 10.1. The van der Waals surface area contributed by atoms with Crippen molar-refractivity contribution >= 4 is 17.3 Å². The molecule has 0 radical (unpaired) electrons. The maximum Gasteiger partial charge on any atom is 0.255 e. The van der Waals surface area contributed by atoms with Crippen LogP contribution in [-0.2, 0) is 0 Å². The zero-order valence-electron chi connectivity index (χ0n) is 14.0. The van der Waals surface area contributed by atoms with Crippen molar-refractivity contribution in [2.45, 2.75) is 6.92 Å². The van der Waals surface area contributed by atoms with Crippen LogP contribution >= 0.6 is 0 Å². The van der Waals surface area contributed by atoms with Crippen LogP contribution in [0.15, 0.2) is 54.6 Å². The first-order valence-electron chi connectivity index (χ1n) is 7.75. The second kappa shape index (κ2) is 6.58. The van der Waals surface area contributed by atoms with Crippen molar-refractivity contribution in [3.63, 3.8) is 0 Å². The van der Waals surface area contributed by atoms with Gasteiger partial charge >= 0.3 is 0 Å². The van der Waals surface area contributed by atoms with Crippen LogP contribution in [0.5, 0.6) is 0 Å². The Morgan fingerprint density at radius 2 is 1.83 bits per heavy atom. The van der Waals surface area contributed by atoms with Crippen LogP contribution < -0.4 is 10.2 Å². The zero-order chi connectivity index (χ0) is 17.1. The maximum absolute atomic E-state index is 12.5. The molecule has 0 saturated heterocycles. The van der Waals surface area contributed by atoms with Crippen molar-refractivity contribution in [3.8, 4) is 11.3 Å². The van der Waals surface area contributed by atoms with E-state index in [0.717, 1.165) is 22.6 Å². The van der Waals surface area contributed by atoms with E-state index >= 15 is 0 Å². The van der Waals surface area contributed by atoms with Crippen molar-refractivity contribution in [2.75, 3.05) is 24.3 Å². The van der Waals surface area contributed by atoms with Crippen LogP contribution in [0.25, 0.3) is 11.3 Å². The molecular formula is C19H20N4O. The number of anilines is 2. The molecule has 24 heavy (non-hydrogen) atoms. The molecule has 0 aliphatic heterocycles. The highest BCUT2D eigenvalue weighted by Crippen LogP contribution is 2.30. The van der Waals surface area contributed by atoms with Gasteiger partial charge in [-0.15, -0.1) is 0 Å². The lowest BCUT2D eigenvalue weighted by Gasteiger charge is -2.13. The highest BCUT2D eigenvalue weighted by atomic mass is 16.1. The summed E-state index contributed by atoms with van der Waals surface area (Å²) in [5, 5.41) is 10.3. The van der Waals surface area contributed by atoms with E-state index < -0.39 is 0 Å². The molecule has 3 aromatic rings. The normalized spacial score (nSPS) is 10.5. The second-order valence-corrected chi connectivity index (χ2v) is 5.84. The van der Waals surface area contributed by atoms with Gasteiger partial charge in [-0.25, -0.2) is 0 Å². The Hall–Kier alpha value is -3.08. The number of amides is 1. The van der Waals surface area contributed by atoms with Crippen molar-refractivity contribution in [2.24, 2.45) is 0 Å². The number of benzene rings is 2. The number of carbonyl (C=O) groups is 1. The highest BCUT2D eigenvalue weighted by molar-refractivity contribution is 6.06. The molecule has 5 nitrogen and oxygen atoms in total. The lowest BCUT2D eigenvalue weighted by Crippen LogP contribution is -2.12. The third kappa shape index (κ3) is 3.15. The quantitative estimate of drug-likeness (QED) is 0.770. The molecule has 5 heteroatoms. The molecule has 3 rings (SSSR count). The Kier molecular flexibility index (Phi) is 4.33. The number of carbonyl (C=O) groups excluding carboxylic acids is 1. The summed E-state index contributed by atoms with van der Waals surface area (Å²) in [6.45, 7) is 1.90. The van der Waals surface area contributed by atoms with E-state index in [1.807, 2.05) is 68.4 Å². The Morgan fingerprint density at radius 1 is 1.08 bits per heavy atom. The smallest absolute Gasteiger partial charge is 0.255 e. The largest absolute Gasteiger partial charge is 0.378 e. The minimum atomic E-state index is -0.148. The van der Waals surface area contributed by atoms with Crippen LogP contribution in [0.4, 0.5) is 11.4 Å². The van der Waals surface area contributed by atoms with Gasteiger partial charge in [0.25, 0.3) is 5.91 Å². The van der Waals surface area contributed by atoms with Crippen molar-refractivity contribution in [1.82, 2.24) is 10.2 Å². The van der Waals surface area contributed by atoms with Gasteiger partial charge in [0.2, 0.25) is 0 Å². The molecule has 122 valence electrons. The summed E-state index contributed by atoms with van der Waals surface area (Å²) in [7, 11) is 3.99. The third-order valence-corrected chi connectivity index (χ3v) is 3.86. The van der Waals surface area contributed by atoms with Gasteiger partial charge in [-0.05, 0) is 31.2 Å². The zero-order valence-corrected chi connectivity index (χ0v) is 14.0. The second-order valence-electron chi connectivity index (χ2n) is 5.84. The van der Waals surface area contributed by atoms with E-state index in [4.69, 9.17) is 0 Å². The van der Waals surface area contributed by atoms with E-state index in [1.54, 1.807) is 12.1 Å². The molecule has 1 heterocycles. The third-order valence-electron chi connectivity index (χ3n) is 3.86. The number of nitrogens with zero attached hydrogens (tertiary/aromatic N) is 2. The summed E-state index contributed by atoms with van der Waals surface area (Å²) in [6, 6.07) is 17.2. The standard InChI is InChI=1S/C19H20N4O/c1-13-17(20-19(24)14-8-5-4-6-9-14)18(22-21-13)15-10-7-11-16(12-15)23(2)3/h4-12H,1-3H3,(H,20,24)(H,21,22). The van der Waals surface area contributed by atoms with Gasteiger partial charge in [0.05, 0.1) is 11.4 Å². The average molecular weight is 320 g/mol. The highest BCUT2D eigenvalue weighted by Gasteiger charge is 2.16. The predicted molar refractivity (Wildman–Crippen MR) is 97.5 cm³/mol. The first kappa shape index (κ1) is 15.8. The van der Waals surface area contributed by atoms with Crippen LogP contribution in [0.2, 0.25) is 0 Å². The molecule has 0 bridgehead atoms. The fraction of sp³-hybridized carbons (Fsp3) is 0.158. The monoisotopic (exact) mass is 320 g/mol. The summed E-state index contributed by atoms with van der Waals surface area (Å²) >= 11 is 0. The molecule has 1 amide bonds. The number of rotatable bonds is 4. The van der Waals surface area contributed by atoms with E-state index in [1.165, 1.54) is 0 Å². The number of aromatic amines is 1. The fourth-order valence-electron chi connectivity index (χ4n) is 2.50. The summed E-state index contributed by atoms with van der Waals surface area (Å²) < 4.78 is 0. The van der Waals surface area contributed by atoms with Gasteiger partial charge in [-0.3, -0.25) is 9.89 Å². The molecule has 0 aliphatic rings. The number of hydrogen-bond donors (Lipinski definition) is 2. The minimum absolute atomic E-state index is 0.148. The Balaban J connectivity index is 1.95. The molecule has 2 aromatic carbocycles. The van der Waals surface area contributed by atoms with Gasteiger partial charge in [0.1, 0.15) is 5.69 Å². The summed E-state index contributed by atoms with van der Waals surface area (Å²) in [4.78, 5) is 14.5. The Labute approximate surface area is 141 Å². The Morgan fingerprint density at radius 3 is 2.54 bits per heavy atom. The van der Waals surface area contributed by atoms with E-state index in [9.17, 15) is 4.79 Å². The molecule has 1 aromatic heterocycles. The van der Waals surface area contributed by atoms with E-state index in [2.05, 4.69) is 15.5 Å². The molecule has 0 atom stereocenters. The van der Waals surface area contributed by atoms with Crippen LogP contribution in [0, 0.1) is 6.92 Å². The van der Waals surface area contributed by atoms with Gasteiger partial charge in [0.15, 0.2) is 0 Å². The van der Waals surface area contributed by atoms with E-state index in [-0.39, 0.29) is 5.91 Å². The maximum atomic E-state index is 12.5. The van der Waals surface area contributed by atoms with Gasteiger partial charge in [-0.1, -0.05) is 30.3 Å². The number of hydrogen-bond acceptors (Lipinski definition) is 3. The summed E-state index contributed by atoms with van der Waals surface area (Å²) in [6.07, 6.45) is 0. The molecule has 0 spiro atoms. The van der Waals surface area contributed by atoms with Gasteiger partial charge < -0.3 is 10.2 Å². The molecule has 2 N–H and O–H groups in total. The predicted octanol–water partition coefficient (Wildman–Crippen LogP) is 3.70. The average Bonchev–Trinajstić information content (AvgIpc) is 2.96. The fourth-order valence-corrected chi connectivity index (χ4v) is 2.50. The number of nitrogens with one attached hydrogen (secondary N) is 2. The molecule has 0 aliphatic carbocycles. The number of H-pyrrole nitrogens is 1. The number of aromatic nitrogens is 2. The first-order valence-corrected chi connectivity index (χ1v) is 7.75. The molecular weight excluding hydrogens is 300 g/mol. The van der Waals surface area contributed by atoms with E-state index in [0.29, 0.717) is 11.3 Å². The van der Waals surface area contributed by atoms with Crippen molar-refractivity contribution < 1.29 is 4.79 Å². The summed E-state index contributed by atoms with van der Waals surface area (Å²) in [5.74, 6) is -0.148. The summed E-state index contributed by atoms with van der Waals surface area (Å²) in [5.41, 5.74) is 4.92. The van der Waals surface area contributed by atoms with Crippen LogP contribution in [0.3, 0.4) is 0 Å². The first-order chi connectivity index (χ1) is 11.6. The molecule has 0 saturated carbocycles. The topological polar surface area (TPSA) is 61.0 Å². The van der Waals surface area contributed by atoms with Gasteiger partial charge in [0, 0.05) is 30.9 Å². The van der Waals surface area contributed by atoms with Crippen molar-refractivity contribution in [1.29, 1.82) is 0 Å². The molecule has 0 fully saturated rings. The van der Waals surface area contributed by atoms with Crippen LogP contribution in [0.1, 0.15) is 16.1 Å².